The number of fused-ring (bicyclic) bond motifs is 1. The van der Waals surface area contributed by atoms with Crippen LogP contribution in [0, 0.1) is 0 Å². The lowest BCUT2D eigenvalue weighted by molar-refractivity contribution is 0.456. The van der Waals surface area contributed by atoms with E-state index in [0.29, 0.717) is 10.8 Å². The van der Waals surface area contributed by atoms with Crippen molar-refractivity contribution >= 4 is 17.4 Å². The summed E-state index contributed by atoms with van der Waals surface area (Å²) < 4.78 is 1.85. The van der Waals surface area contributed by atoms with Crippen molar-refractivity contribution in [2.45, 2.75) is 25.3 Å². The lowest BCUT2D eigenvalue weighted by Crippen LogP contribution is -2.19. The molecule has 2 N–H and O–H groups in total. The lowest BCUT2D eigenvalue weighted by atomic mass is 9.88. The van der Waals surface area contributed by atoms with Gasteiger partial charge in [0.15, 0.2) is 0 Å². The van der Waals surface area contributed by atoms with Crippen LogP contribution in [-0.4, -0.2) is 9.78 Å². The molecule has 3 rings (SSSR count). The summed E-state index contributed by atoms with van der Waals surface area (Å²) in [6.45, 7) is 0. The van der Waals surface area contributed by atoms with Crippen LogP contribution in [0.3, 0.4) is 0 Å². The predicted molar refractivity (Wildman–Crippen MR) is 69.2 cm³/mol. The van der Waals surface area contributed by atoms with Crippen LogP contribution >= 0.6 is 11.6 Å². The number of nitrogens with zero attached hydrogens (tertiary/aromatic N) is 2. The normalized spacial score (nSPS) is 19.0. The van der Waals surface area contributed by atoms with E-state index in [-0.39, 0.29) is 6.04 Å². The zero-order valence-corrected chi connectivity index (χ0v) is 10.2. The van der Waals surface area contributed by atoms with E-state index >= 15 is 0 Å². The third-order valence-electron chi connectivity index (χ3n) is 3.42. The van der Waals surface area contributed by atoms with Gasteiger partial charge in [-0.2, -0.15) is 5.10 Å². The van der Waals surface area contributed by atoms with Gasteiger partial charge < -0.3 is 5.73 Å². The largest absolute Gasteiger partial charge is 0.383 e. The fourth-order valence-electron chi connectivity index (χ4n) is 2.58. The molecule has 1 heterocycles. The second-order valence-corrected chi connectivity index (χ2v) is 4.84. The maximum Gasteiger partial charge on any atom is 0.141 e. The Morgan fingerprint density at radius 2 is 2.18 bits per heavy atom. The van der Waals surface area contributed by atoms with Crippen LogP contribution in [0.2, 0.25) is 5.02 Å². The molecule has 0 aliphatic heterocycles. The minimum atomic E-state index is 0.229. The summed E-state index contributed by atoms with van der Waals surface area (Å²) in [4.78, 5) is 0. The zero-order valence-electron chi connectivity index (χ0n) is 9.44. The number of anilines is 1. The maximum atomic E-state index is 5.97. The second kappa shape index (κ2) is 4.08. The molecule has 1 aliphatic rings. The summed E-state index contributed by atoms with van der Waals surface area (Å²) >= 11 is 5.97. The van der Waals surface area contributed by atoms with Gasteiger partial charge in [0, 0.05) is 0 Å². The Labute approximate surface area is 105 Å². The van der Waals surface area contributed by atoms with Crippen LogP contribution in [0.4, 0.5) is 5.82 Å². The van der Waals surface area contributed by atoms with E-state index in [0.717, 1.165) is 12.8 Å². The molecule has 2 aromatic rings. The molecule has 1 atom stereocenters. The fourth-order valence-corrected chi connectivity index (χ4v) is 2.71. The predicted octanol–water partition coefficient (Wildman–Crippen LogP) is 3.04. The number of halogens is 1. The van der Waals surface area contributed by atoms with Gasteiger partial charge in [-0.3, -0.25) is 0 Å². The molecule has 17 heavy (non-hydrogen) atoms. The van der Waals surface area contributed by atoms with Crippen LogP contribution < -0.4 is 5.73 Å². The molecule has 88 valence electrons. The third-order valence-corrected chi connectivity index (χ3v) is 3.71. The highest BCUT2D eigenvalue weighted by atomic mass is 35.5. The zero-order chi connectivity index (χ0) is 11.8. The molecular weight excluding hydrogens is 234 g/mol. The Hall–Kier alpha value is -1.48. The average Bonchev–Trinajstić information content (AvgIpc) is 2.69. The smallest absolute Gasteiger partial charge is 0.141 e. The quantitative estimate of drug-likeness (QED) is 0.842. The van der Waals surface area contributed by atoms with Crippen molar-refractivity contribution in [1.82, 2.24) is 9.78 Å². The molecule has 0 radical (unpaired) electrons. The summed E-state index contributed by atoms with van der Waals surface area (Å²) in [5.41, 5.74) is 8.68. The van der Waals surface area contributed by atoms with Gasteiger partial charge in [0.1, 0.15) is 10.8 Å². The van der Waals surface area contributed by atoms with Crippen molar-refractivity contribution in [3.63, 3.8) is 0 Å². The number of rotatable bonds is 1. The van der Waals surface area contributed by atoms with Gasteiger partial charge in [0.25, 0.3) is 0 Å². The van der Waals surface area contributed by atoms with Crippen molar-refractivity contribution < 1.29 is 0 Å². The first-order valence-corrected chi connectivity index (χ1v) is 6.21. The molecule has 0 amide bonds. The molecule has 0 saturated heterocycles. The van der Waals surface area contributed by atoms with E-state index in [1.807, 2.05) is 4.68 Å². The summed E-state index contributed by atoms with van der Waals surface area (Å²) in [5.74, 6) is 0.563. The van der Waals surface area contributed by atoms with Crippen molar-refractivity contribution in [3.05, 3.63) is 46.6 Å². The number of aromatic nitrogens is 2. The summed E-state index contributed by atoms with van der Waals surface area (Å²) in [6, 6.07) is 8.73. The van der Waals surface area contributed by atoms with Gasteiger partial charge in [-0.15, -0.1) is 0 Å². The van der Waals surface area contributed by atoms with Crippen LogP contribution in [0.1, 0.15) is 30.0 Å². The minimum absolute atomic E-state index is 0.229. The lowest BCUT2D eigenvalue weighted by Gasteiger charge is -2.26. The van der Waals surface area contributed by atoms with Gasteiger partial charge in [0.2, 0.25) is 0 Å². The standard InChI is InChI=1S/C13H14ClN3/c14-11-8-16-17(13(11)15)12-7-3-5-9-4-1-2-6-10(9)12/h1-2,4,6,8,12H,3,5,7,15H2. The number of nitrogens with two attached hydrogens (primary N) is 1. The molecule has 0 bridgehead atoms. The Morgan fingerprint density at radius 1 is 1.35 bits per heavy atom. The molecule has 1 aromatic carbocycles. The summed E-state index contributed by atoms with van der Waals surface area (Å²) in [6.07, 6.45) is 4.99. The van der Waals surface area contributed by atoms with Crippen molar-refractivity contribution in [2.75, 3.05) is 5.73 Å². The third kappa shape index (κ3) is 1.71. The molecule has 0 spiro atoms. The van der Waals surface area contributed by atoms with Crippen molar-refractivity contribution in [3.8, 4) is 0 Å². The number of hydrogen-bond acceptors (Lipinski definition) is 2. The first kappa shape index (κ1) is 10.7. The van der Waals surface area contributed by atoms with Gasteiger partial charge >= 0.3 is 0 Å². The highest BCUT2D eigenvalue weighted by Crippen LogP contribution is 2.35. The number of aryl methyl sites for hydroxylation is 1. The van der Waals surface area contributed by atoms with E-state index in [1.54, 1.807) is 6.20 Å². The van der Waals surface area contributed by atoms with E-state index in [2.05, 4.69) is 29.4 Å². The van der Waals surface area contributed by atoms with Crippen LogP contribution in [0.5, 0.6) is 0 Å². The highest BCUT2D eigenvalue weighted by Gasteiger charge is 2.23. The number of nitrogen functional groups attached to an aromatic ring is 1. The maximum absolute atomic E-state index is 5.97. The Balaban J connectivity index is 2.09. The van der Waals surface area contributed by atoms with Gasteiger partial charge in [-0.1, -0.05) is 35.9 Å². The average molecular weight is 248 g/mol. The molecule has 1 aliphatic carbocycles. The Kier molecular flexibility index (Phi) is 2.56. The van der Waals surface area contributed by atoms with Crippen molar-refractivity contribution in [1.29, 1.82) is 0 Å². The molecule has 1 aromatic heterocycles. The summed E-state index contributed by atoms with van der Waals surface area (Å²) in [7, 11) is 0. The molecule has 0 fully saturated rings. The summed E-state index contributed by atoms with van der Waals surface area (Å²) in [5, 5.41) is 4.83. The number of hydrogen-bond donors (Lipinski definition) is 1. The van der Waals surface area contributed by atoms with Crippen LogP contribution in [0.15, 0.2) is 30.5 Å². The Morgan fingerprint density at radius 3 is 2.94 bits per heavy atom. The topological polar surface area (TPSA) is 43.8 Å². The molecule has 1 unspecified atom stereocenters. The number of benzene rings is 1. The Bertz CT molecular complexity index is 547. The first-order chi connectivity index (χ1) is 8.27. The van der Waals surface area contributed by atoms with Crippen molar-refractivity contribution in [2.24, 2.45) is 0 Å². The SMILES string of the molecule is Nc1c(Cl)cnn1C1CCCc2ccccc21. The molecular formula is C13H14ClN3. The molecule has 4 heteroatoms. The molecule has 0 saturated carbocycles. The van der Waals surface area contributed by atoms with E-state index in [1.165, 1.54) is 17.5 Å². The van der Waals surface area contributed by atoms with Crippen LogP contribution in [-0.2, 0) is 6.42 Å². The van der Waals surface area contributed by atoms with E-state index in [9.17, 15) is 0 Å². The van der Waals surface area contributed by atoms with Gasteiger partial charge in [-0.05, 0) is 30.4 Å². The second-order valence-electron chi connectivity index (χ2n) is 4.43. The van der Waals surface area contributed by atoms with E-state index in [4.69, 9.17) is 17.3 Å². The van der Waals surface area contributed by atoms with Gasteiger partial charge in [-0.25, -0.2) is 4.68 Å². The fraction of sp³-hybridized carbons (Fsp3) is 0.308. The first-order valence-electron chi connectivity index (χ1n) is 5.83. The minimum Gasteiger partial charge on any atom is -0.383 e. The van der Waals surface area contributed by atoms with E-state index < -0.39 is 0 Å². The highest BCUT2D eigenvalue weighted by molar-refractivity contribution is 6.32. The molecule has 3 nitrogen and oxygen atoms in total. The van der Waals surface area contributed by atoms with Gasteiger partial charge in [0.05, 0.1) is 12.2 Å². The monoisotopic (exact) mass is 247 g/mol. The van der Waals surface area contributed by atoms with Crippen LogP contribution in [0.25, 0.3) is 0 Å².